The highest BCUT2D eigenvalue weighted by Gasteiger charge is 2.64. The largest absolute Gasteiger partial charge is 0.389 e. The molecule has 5 aliphatic carbocycles. The zero-order chi connectivity index (χ0) is 10.1. The van der Waals surface area contributed by atoms with Crippen molar-refractivity contribution in [3.8, 4) is 0 Å². The van der Waals surface area contributed by atoms with Gasteiger partial charge in [0.15, 0.2) is 0 Å². The van der Waals surface area contributed by atoms with Crippen molar-refractivity contribution in [3.63, 3.8) is 0 Å². The maximum absolute atomic E-state index is 11.1. The normalized spacial score (nSPS) is 61.8. The summed E-state index contributed by atoms with van der Waals surface area (Å²) in [6, 6.07) is 0. The van der Waals surface area contributed by atoms with E-state index in [2.05, 4.69) is 0 Å². The minimum atomic E-state index is -0.224. The summed E-state index contributed by atoms with van der Waals surface area (Å²) < 4.78 is 0. The van der Waals surface area contributed by atoms with Crippen LogP contribution in [0.15, 0.2) is 0 Å². The average molecular weight is 206 g/mol. The van der Waals surface area contributed by atoms with Gasteiger partial charge in [-0.3, -0.25) is 0 Å². The molecule has 4 bridgehead atoms. The molecule has 0 aromatic carbocycles. The minimum Gasteiger partial charge on any atom is -0.389 e. The Bertz CT molecular complexity index is 284. The molecule has 3 atom stereocenters. The van der Waals surface area contributed by atoms with Gasteiger partial charge in [-0.05, 0) is 68.1 Å². The SMILES string of the molecule is OC12CCCCC13CC1CC(CC2C1)C3. The molecule has 1 spiro atoms. The second-order valence-electron chi connectivity index (χ2n) is 6.96. The second-order valence-corrected chi connectivity index (χ2v) is 6.96. The Balaban J connectivity index is 1.81. The molecule has 0 aromatic rings. The van der Waals surface area contributed by atoms with E-state index in [0.29, 0.717) is 11.3 Å². The quantitative estimate of drug-likeness (QED) is 0.645. The number of hydrogen-bond acceptors (Lipinski definition) is 1. The first kappa shape index (κ1) is 9.04. The highest BCUT2D eigenvalue weighted by atomic mass is 16.3. The minimum absolute atomic E-state index is 0.224. The van der Waals surface area contributed by atoms with E-state index >= 15 is 0 Å². The summed E-state index contributed by atoms with van der Waals surface area (Å²) in [5.74, 6) is 2.66. The maximum Gasteiger partial charge on any atom is 0.0732 e. The van der Waals surface area contributed by atoms with Gasteiger partial charge in [0.05, 0.1) is 5.60 Å². The third-order valence-corrected chi connectivity index (χ3v) is 6.32. The van der Waals surface area contributed by atoms with E-state index in [9.17, 15) is 5.11 Å². The zero-order valence-corrected chi connectivity index (χ0v) is 9.54. The predicted octanol–water partition coefficient (Wildman–Crippen LogP) is 3.12. The van der Waals surface area contributed by atoms with Crippen LogP contribution >= 0.6 is 0 Å². The predicted molar refractivity (Wildman–Crippen MR) is 59.4 cm³/mol. The van der Waals surface area contributed by atoms with Gasteiger partial charge in [-0.2, -0.15) is 0 Å². The first-order valence-corrected chi connectivity index (χ1v) is 6.94. The molecule has 5 saturated carbocycles. The smallest absolute Gasteiger partial charge is 0.0732 e. The van der Waals surface area contributed by atoms with E-state index in [1.807, 2.05) is 0 Å². The summed E-state index contributed by atoms with van der Waals surface area (Å²) in [5, 5.41) is 11.1. The van der Waals surface area contributed by atoms with Gasteiger partial charge in [0.1, 0.15) is 0 Å². The number of aliphatic hydroxyl groups is 1. The summed E-state index contributed by atoms with van der Waals surface area (Å²) in [7, 11) is 0. The maximum atomic E-state index is 11.1. The molecule has 0 heterocycles. The van der Waals surface area contributed by atoms with Gasteiger partial charge >= 0.3 is 0 Å². The van der Waals surface area contributed by atoms with Crippen LogP contribution in [-0.2, 0) is 0 Å². The third-order valence-electron chi connectivity index (χ3n) is 6.32. The number of rotatable bonds is 0. The standard InChI is InChI=1S/C14H22O/c15-14-4-2-1-3-13(14)8-10-5-11(9-13)7-12(14)6-10/h10-12,15H,1-9H2. The highest BCUT2D eigenvalue weighted by Crippen LogP contribution is 2.68. The van der Waals surface area contributed by atoms with Crippen LogP contribution in [0.2, 0.25) is 0 Å². The molecular formula is C14H22O. The van der Waals surface area contributed by atoms with Crippen molar-refractivity contribution in [2.24, 2.45) is 23.2 Å². The van der Waals surface area contributed by atoms with E-state index in [1.165, 1.54) is 51.4 Å². The van der Waals surface area contributed by atoms with Crippen molar-refractivity contribution in [2.75, 3.05) is 0 Å². The number of hydrogen-bond donors (Lipinski definition) is 1. The summed E-state index contributed by atoms with van der Waals surface area (Å²) in [6.45, 7) is 0. The van der Waals surface area contributed by atoms with Gasteiger partial charge in [-0.15, -0.1) is 0 Å². The van der Waals surface area contributed by atoms with Crippen LogP contribution < -0.4 is 0 Å². The summed E-state index contributed by atoms with van der Waals surface area (Å²) in [5.41, 5.74) is 0.165. The fraction of sp³-hybridized carbons (Fsp3) is 1.00. The van der Waals surface area contributed by atoms with Gasteiger partial charge < -0.3 is 5.11 Å². The molecule has 1 nitrogen and oxygen atoms in total. The molecule has 0 radical (unpaired) electrons. The lowest BCUT2D eigenvalue weighted by molar-refractivity contribution is -0.246. The van der Waals surface area contributed by atoms with Gasteiger partial charge in [-0.25, -0.2) is 0 Å². The summed E-state index contributed by atoms with van der Waals surface area (Å²) >= 11 is 0. The molecule has 5 fully saturated rings. The van der Waals surface area contributed by atoms with Gasteiger partial charge in [0.2, 0.25) is 0 Å². The van der Waals surface area contributed by atoms with E-state index in [-0.39, 0.29) is 5.60 Å². The molecule has 1 N–H and O–H groups in total. The topological polar surface area (TPSA) is 20.2 Å². The Morgan fingerprint density at radius 1 is 0.867 bits per heavy atom. The van der Waals surface area contributed by atoms with E-state index in [4.69, 9.17) is 0 Å². The van der Waals surface area contributed by atoms with Crippen LogP contribution in [0.3, 0.4) is 0 Å². The molecule has 3 unspecified atom stereocenters. The Kier molecular flexibility index (Phi) is 1.57. The Morgan fingerprint density at radius 2 is 1.53 bits per heavy atom. The van der Waals surface area contributed by atoms with Crippen molar-refractivity contribution in [2.45, 2.75) is 63.4 Å². The van der Waals surface area contributed by atoms with Gasteiger partial charge in [-0.1, -0.05) is 12.8 Å². The molecule has 0 aliphatic heterocycles. The van der Waals surface area contributed by atoms with E-state index < -0.39 is 0 Å². The van der Waals surface area contributed by atoms with Crippen LogP contribution in [0.1, 0.15) is 57.8 Å². The van der Waals surface area contributed by atoms with Crippen molar-refractivity contribution >= 4 is 0 Å². The van der Waals surface area contributed by atoms with Crippen molar-refractivity contribution in [1.29, 1.82) is 0 Å². The van der Waals surface area contributed by atoms with E-state index in [1.54, 1.807) is 0 Å². The molecule has 5 rings (SSSR count). The van der Waals surface area contributed by atoms with Crippen LogP contribution in [0.25, 0.3) is 0 Å². The highest BCUT2D eigenvalue weighted by molar-refractivity contribution is 5.15. The van der Waals surface area contributed by atoms with Crippen LogP contribution in [0.5, 0.6) is 0 Å². The first-order valence-electron chi connectivity index (χ1n) is 6.94. The molecule has 15 heavy (non-hydrogen) atoms. The van der Waals surface area contributed by atoms with Crippen LogP contribution in [-0.4, -0.2) is 10.7 Å². The van der Waals surface area contributed by atoms with Crippen LogP contribution in [0.4, 0.5) is 0 Å². The molecule has 5 aliphatic rings. The molecule has 0 amide bonds. The third kappa shape index (κ3) is 0.945. The van der Waals surface area contributed by atoms with Gasteiger partial charge in [0.25, 0.3) is 0 Å². The van der Waals surface area contributed by atoms with Crippen molar-refractivity contribution in [3.05, 3.63) is 0 Å². The monoisotopic (exact) mass is 206 g/mol. The molecular weight excluding hydrogens is 184 g/mol. The summed E-state index contributed by atoms with van der Waals surface area (Å²) in [6.07, 6.45) is 12.1. The Labute approximate surface area is 92.3 Å². The fourth-order valence-electron chi connectivity index (χ4n) is 6.01. The zero-order valence-electron chi connectivity index (χ0n) is 9.54. The van der Waals surface area contributed by atoms with Crippen LogP contribution in [0, 0.1) is 23.2 Å². The first-order chi connectivity index (χ1) is 7.22. The molecule has 1 heteroatoms. The average Bonchev–Trinajstić information content (AvgIpc) is 2.20. The van der Waals surface area contributed by atoms with Crippen molar-refractivity contribution in [1.82, 2.24) is 0 Å². The van der Waals surface area contributed by atoms with E-state index in [0.717, 1.165) is 18.3 Å². The van der Waals surface area contributed by atoms with Gasteiger partial charge in [0, 0.05) is 0 Å². The van der Waals surface area contributed by atoms with Crippen molar-refractivity contribution < 1.29 is 5.11 Å². The molecule has 84 valence electrons. The lowest BCUT2D eigenvalue weighted by atomic mass is 9.40. The lowest BCUT2D eigenvalue weighted by Gasteiger charge is -2.67. The second kappa shape index (κ2) is 2.61. The molecule has 0 saturated heterocycles. The fourth-order valence-corrected chi connectivity index (χ4v) is 6.01. The summed E-state index contributed by atoms with van der Waals surface area (Å²) in [4.78, 5) is 0. The lowest BCUT2D eigenvalue weighted by Crippen LogP contribution is -2.65. The Morgan fingerprint density at radius 3 is 2.27 bits per heavy atom. The molecule has 0 aromatic heterocycles. The Hall–Kier alpha value is -0.0400.